The number of sulfonamides is 1. The number of rotatable bonds is 6. The van der Waals surface area contributed by atoms with Crippen LogP contribution in [0.1, 0.15) is 20.3 Å². The molecule has 0 radical (unpaired) electrons. The largest absolute Gasteiger partial charge is 0.477 e. The van der Waals surface area contributed by atoms with Gasteiger partial charge in [-0.1, -0.05) is 6.92 Å². The number of β-lactam (4-membered cyclic amide) rings is 1. The van der Waals surface area contributed by atoms with Crippen molar-refractivity contribution in [1.29, 1.82) is 0 Å². The van der Waals surface area contributed by atoms with E-state index in [9.17, 15) is 33.0 Å². The average Bonchev–Trinajstić information content (AvgIpc) is 3.28. The first kappa shape index (κ1) is 23.3. The Morgan fingerprint density at radius 3 is 2.44 bits per heavy atom. The van der Waals surface area contributed by atoms with Crippen molar-refractivity contribution in [3.8, 4) is 0 Å². The number of carboxylic acids is 1. The number of carbonyl (C=O) groups is 3. The molecule has 4 aliphatic heterocycles. The van der Waals surface area contributed by atoms with Crippen molar-refractivity contribution in [2.24, 2.45) is 11.8 Å². The zero-order valence-electron chi connectivity index (χ0n) is 18.3. The van der Waals surface area contributed by atoms with Gasteiger partial charge < -0.3 is 20.0 Å². The van der Waals surface area contributed by atoms with Gasteiger partial charge in [0.15, 0.2) is 0 Å². The molecule has 32 heavy (non-hydrogen) atoms. The molecular weight excluding hydrogens is 460 g/mol. The molecule has 0 saturated carbocycles. The van der Waals surface area contributed by atoms with Crippen LogP contribution in [-0.4, -0.2) is 112 Å². The minimum absolute atomic E-state index is 0.0130. The van der Waals surface area contributed by atoms with E-state index in [0.29, 0.717) is 24.4 Å². The number of carbonyl (C=O) groups excluding carboxylic acids is 2. The van der Waals surface area contributed by atoms with E-state index < -0.39 is 34.0 Å². The highest BCUT2D eigenvalue weighted by atomic mass is 32.2. The van der Waals surface area contributed by atoms with Crippen LogP contribution in [0.15, 0.2) is 10.6 Å². The zero-order chi connectivity index (χ0) is 23.7. The Kier molecular flexibility index (Phi) is 5.75. The summed E-state index contributed by atoms with van der Waals surface area (Å²) in [4.78, 5) is 42.6. The van der Waals surface area contributed by atoms with Crippen molar-refractivity contribution >= 4 is 39.7 Å². The predicted molar refractivity (Wildman–Crippen MR) is 116 cm³/mol. The van der Waals surface area contributed by atoms with Crippen LogP contribution in [0, 0.1) is 11.8 Å². The van der Waals surface area contributed by atoms with E-state index in [4.69, 9.17) is 0 Å². The molecule has 0 aromatic heterocycles. The Hall–Kier alpha value is -1.83. The number of amides is 3. The maximum Gasteiger partial charge on any atom is 0.353 e. The van der Waals surface area contributed by atoms with Crippen LogP contribution in [0.3, 0.4) is 0 Å². The molecule has 11 nitrogen and oxygen atoms in total. The summed E-state index contributed by atoms with van der Waals surface area (Å²) >= 11 is 1.41. The maximum atomic E-state index is 12.6. The van der Waals surface area contributed by atoms with Gasteiger partial charge in [-0.05, 0) is 20.4 Å². The second-order valence-corrected chi connectivity index (χ2v) is 12.2. The van der Waals surface area contributed by atoms with Crippen molar-refractivity contribution in [1.82, 2.24) is 19.0 Å². The molecule has 4 aliphatic rings. The standard InChI is InChI=1S/C19H28N4O7S2/c1-9-14-13(10(2)24)17(25)23(14)15(18(26)27)16(9)31-11-7-12(20(3)8-11)21-5-6-22(19(21)28)32(4,29)30/h9-14,24H,5-8H2,1-4H3,(H,26,27)/t9-,10-,11+,12+,13-,14-/m1/s1. The molecule has 0 spiro atoms. The number of thioether (sulfide) groups is 1. The number of nitrogens with zero attached hydrogens (tertiary/aromatic N) is 4. The summed E-state index contributed by atoms with van der Waals surface area (Å²) < 4.78 is 24.5. The minimum atomic E-state index is -3.62. The lowest BCUT2D eigenvalue weighted by atomic mass is 9.79. The highest BCUT2D eigenvalue weighted by molar-refractivity contribution is 8.03. The summed E-state index contributed by atoms with van der Waals surface area (Å²) in [5.74, 6) is -2.36. The number of urea groups is 1. The fourth-order valence-corrected chi connectivity index (χ4v) is 7.75. The van der Waals surface area contributed by atoms with Gasteiger partial charge in [0.05, 0.1) is 37.0 Å². The van der Waals surface area contributed by atoms with Gasteiger partial charge in [0, 0.05) is 29.2 Å². The van der Waals surface area contributed by atoms with Crippen LogP contribution in [-0.2, 0) is 19.6 Å². The summed E-state index contributed by atoms with van der Waals surface area (Å²) in [6, 6.07) is -0.904. The lowest BCUT2D eigenvalue weighted by Crippen LogP contribution is -2.63. The van der Waals surface area contributed by atoms with Gasteiger partial charge in [-0.3, -0.25) is 9.69 Å². The van der Waals surface area contributed by atoms with E-state index in [-0.39, 0.29) is 41.5 Å². The SMILES string of the molecule is C[C@@H](O)[C@H]1C(=O)N2C(C(=O)O)=C(S[C@H]3C[C@H](N4CCN(S(C)(=O)=O)C4=O)N(C)C3)[C@H](C)[C@H]12. The Labute approximate surface area is 191 Å². The van der Waals surface area contributed by atoms with Gasteiger partial charge in [-0.25, -0.2) is 22.3 Å². The molecule has 0 aromatic carbocycles. The minimum Gasteiger partial charge on any atom is -0.477 e. The first-order valence-electron chi connectivity index (χ1n) is 10.5. The fourth-order valence-electron chi connectivity index (χ4n) is 5.36. The smallest absolute Gasteiger partial charge is 0.353 e. The van der Waals surface area contributed by atoms with E-state index in [2.05, 4.69) is 0 Å². The monoisotopic (exact) mass is 488 g/mol. The maximum absolute atomic E-state index is 12.6. The van der Waals surface area contributed by atoms with E-state index in [1.165, 1.54) is 16.7 Å². The zero-order valence-corrected chi connectivity index (χ0v) is 20.0. The summed E-state index contributed by atoms with van der Waals surface area (Å²) in [6.07, 6.45) is 0.414. The van der Waals surface area contributed by atoms with Gasteiger partial charge in [-0.15, -0.1) is 11.8 Å². The van der Waals surface area contributed by atoms with Crippen LogP contribution < -0.4 is 0 Å². The Morgan fingerprint density at radius 1 is 1.25 bits per heavy atom. The number of fused-ring (bicyclic) bond motifs is 1. The number of hydrogen-bond acceptors (Lipinski definition) is 8. The average molecular weight is 489 g/mol. The highest BCUT2D eigenvalue weighted by Gasteiger charge is 2.60. The molecule has 6 atom stereocenters. The molecule has 0 bridgehead atoms. The third-order valence-electron chi connectivity index (χ3n) is 6.84. The van der Waals surface area contributed by atoms with E-state index >= 15 is 0 Å². The molecule has 4 rings (SSSR count). The molecule has 3 amide bonds. The van der Waals surface area contributed by atoms with Crippen LogP contribution in [0.2, 0.25) is 0 Å². The number of aliphatic hydroxyl groups is 1. The van der Waals surface area contributed by atoms with Gasteiger partial charge in [0.1, 0.15) is 5.70 Å². The van der Waals surface area contributed by atoms with Crippen LogP contribution >= 0.6 is 11.8 Å². The van der Waals surface area contributed by atoms with Crippen molar-refractivity contribution < 1.29 is 33.0 Å². The topological polar surface area (TPSA) is 139 Å². The molecule has 13 heteroatoms. The molecule has 3 saturated heterocycles. The van der Waals surface area contributed by atoms with Crippen molar-refractivity contribution in [2.45, 2.75) is 43.8 Å². The van der Waals surface area contributed by atoms with Crippen molar-refractivity contribution in [3.63, 3.8) is 0 Å². The van der Waals surface area contributed by atoms with Gasteiger partial charge in [0.2, 0.25) is 15.9 Å². The quantitative estimate of drug-likeness (QED) is 0.478. The molecule has 0 unspecified atom stereocenters. The predicted octanol–water partition coefficient (Wildman–Crippen LogP) is -0.399. The number of aliphatic hydroxyl groups excluding tert-OH is 1. The van der Waals surface area contributed by atoms with Gasteiger partial charge in [-0.2, -0.15) is 0 Å². The normalized spacial score (nSPS) is 34.4. The summed E-state index contributed by atoms with van der Waals surface area (Å²) in [6.45, 7) is 4.42. The Morgan fingerprint density at radius 2 is 1.91 bits per heavy atom. The number of carboxylic acid groups (broad SMARTS) is 1. The molecule has 4 heterocycles. The summed E-state index contributed by atoms with van der Waals surface area (Å²) in [7, 11) is -1.77. The third-order valence-corrected chi connectivity index (χ3v) is 9.48. The molecule has 178 valence electrons. The van der Waals surface area contributed by atoms with Gasteiger partial charge >= 0.3 is 12.0 Å². The number of hydrogen-bond donors (Lipinski definition) is 2. The molecular formula is C19H28N4O7S2. The second kappa shape index (κ2) is 7.89. The fraction of sp³-hybridized carbons (Fsp3) is 0.737. The summed E-state index contributed by atoms with van der Waals surface area (Å²) in [5, 5.41) is 19.8. The molecule has 0 aromatic rings. The lowest BCUT2D eigenvalue weighted by molar-refractivity contribution is -0.163. The van der Waals surface area contributed by atoms with E-state index in [1.807, 2.05) is 18.9 Å². The van der Waals surface area contributed by atoms with Crippen LogP contribution in [0.5, 0.6) is 0 Å². The summed E-state index contributed by atoms with van der Waals surface area (Å²) in [5.41, 5.74) is -0.0130. The van der Waals surface area contributed by atoms with Crippen LogP contribution in [0.4, 0.5) is 4.79 Å². The Bertz CT molecular complexity index is 998. The van der Waals surface area contributed by atoms with Crippen molar-refractivity contribution in [3.05, 3.63) is 10.6 Å². The second-order valence-electron chi connectivity index (χ2n) is 8.98. The number of aliphatic carboxylic acids is 1. The van der Waals surface area contributed by atoms with Gasteiger partial charge in [0.25, 0.3) is 0 Å². The molecule has 2 N–H and O–H groups in total. The number of likely N-dealkylation sites (tertiary alicyclic amines) is 1. The Balaban J connectivity index is 1.51. The van der Waals surface area contributed by atoms with Crippen LogP contribution in [0.25, 0.3) is 0 Å². The molecule has 0 aliphatic carbocycles. The highest BCUT2D eigenvalue weighted by Crippen LogP contribution is 2.52. The third kappa shape index (κ3) is 3.49. The first-order chi connectivity index (χ1) is 14.8. The molecule has 3 fully saturated rings. The lowest BCUT2D eigenvalue weighted by Gasteiger charge is -2.46. The first-order valence-corrected chi connectivity index (χ1v) is 13.2. The van der Waals surface area contributed by atoms with E-state index in [1.54, 1.807) is 11.8 Å². The van der Waals surface area contributed by atoms with E-state index in [0.717, 1.165) is 10.6 Å². The van der Waals surface area contributed by atoms with Crippen molar-refractivity contribution in [2.75, 3.05) is 32.9 Å².